The number of hydrogen-bond donors (Lipinski definition) is 0. The molecule has 0 radical (unpaired) electrons. The summed E-state index contributed by atoms with van der Waals surface area (Å²) in [5.41, 5.74) is -0.706. The lowest BCUT2D eigenvalue weighted by Crippen LogP contribution is -2.43. The number of benzene rings is 1. The minimum absolute atomic E-state index is 0.0238. The molecular weight excluding hydrogens is 664 g/mol. The number of carbonyl (C=O) groups excluding carboxylic acids is 2. The zero-order chi connectivity index (χ0) is 35.5. The Morgan fingerprint density at radius 1 is 1.10 bits per heavy atom. The first kappa shape index (κ1) is 33.5. The van der Waals surface area contributed by atoms with Gasteiger partial charge in [-0.1, -0.05) is 0 Å². The van der Waals surface area contributed by atoms with E-state index in [4.69, 9.17) is 23.9 Å². The van der Waals surface area contributed by atoms with Crippen LogP contribution in [0.1, 0.15) is 65.7 Å². The fourth-order valence-corrected chi connectivity index (χ4v) is 7.92. The number of fused-ring (bicyclic) bond motifs is 8. The van der Waals surface area contributed by atoms with Crippen molar-refractivity contribution in [3.8, 4) is 23.0 Å². The lowest BCUT2D eigenvalue weighted by atomic mass is 9.95. The smallest absolute Gasteiger partial charge is 0.435 e. The first-order valence-corrected chi connectivity index (χ1v) is 17.7. The highest BCUT2D eigenvalue weighted by Gasteiger charge is 2.49. The zero-order valence-corrected chi connectivity index (χ0v) is 29.0. The first-order valence-electron chi connectivity index (χ1n) is 17.7. The SMILES string of the molecule is CC(C)(C)OC(=O)n1ncc2c3c(ccc21)OCCCC(=O)O[C@@H]1CCCN(C1)c1nc(OC[C@@]24CCCN2C[C@H](F)C4)nc2c(F)c-3ncc12. The summed E-state index contributed by atoms with van der Waals surface area (Å²) >= 11 is 0. The van der Waals surface area contributed by atoms with Crippen molar-refractivity contribution in [1.82, 2.24) is 29.6 Å². The monoisotopic (exact) mass is 705 g/mol. The molecule has 13 nitrogen and oxygen atoms in total. The standard InChI is InChI=1S/C36H41F2N7O6/c1-35(2,3)51-34(47)45-25-9-10-26-28(23(25)17-40-45)31-29(38)30-24(16-39-31)32(43-12-4-7-22(19-43)50-27(46)8-5-14-48-26)42-33(41-30)49-20-36-11-6-13-44(36)18-21(37)15-36/h9-10,16-17,21-22H,4-8,11-15,18-20H2,1-3H3/t21-,22-,36+/m1/s1. The van der Waals surface area contributed by atoms with Crippen molar-refractivity contribution in [3.05, 3.63) is 30.3 Å². The molecule has 8 heterocycles. The summed E-state index contributed by atoms with van der Waals surface area (Å²) in [6.07, 6.45) is 4.96. The van der Waals surface area contributed by atoms with Crippen molar-refractivity contribution in [2.45, 2.75) is 89.1 Å². The van der Waals surface area contributed by atoms with E-state index in [1.54, 1.807) is 32.9 Å². The van der Waals surface area contributed by atoms with Crippen LogP contribution in [0, 0.1) is 5.82 Å². The number of hydrogen-bond acceptors (Lipinski definition) is 12. The van der Waals surface area contributed by atoms with E-state index in [9.17, 15) is 14.0 Å². The summed E-state index contributed by atoms with van der Waals surface area (Å²) in [6, 6.07) is 3.23. The van der Waals surface area contributed by atoms with Crippen molar-refractivity contribution in [2.24, 2.45) is 0 Å². The molecule has 4 aromatic rings. The van der Waals surface area contributed by atoms with Crippen LogP contribution in [0.5, 0.6) is 11.8 Å². The lowest BCUT2D eigenvalue weighted by Gasteiger charge is -2.34. The molecule has 270 valence electrons. The molecule has 0 N–H and O–H groups in total. The van der Waals surface area contributed by atoms with Crippen LogP contribution in [0.15, 0.2) is 24.5 Å². The van der Waals surface area contributed by atoms with E-state index in [2.05, 4.69) is 20.0 Å². The Kier molecular flexibility index (Phi) is 8.43. The highest BCUT2D eigenvalue weighted by Crippen LogP contribution is 2.42. The first-order chi connectivity index (χ1) is 24.5. The van der Waals surface area contributed by atoms with Crippen LogP contribution in [-0.4, -0.2) is 105 Å². The summed E-state index contributed by atoms with van der Waals surface area (Å²) in [7, 11) is 0. The molecule has 0 unspecified atom stereocenters. The fourth-order valence-electron chi connectivity index (χ4n) is 7.92. The molecule has 51 heavy (non-hydrogen) atoms. The van der Waals surface area contributed by atoms with Gasteiger partial charge in [-0.15, -0.1) is 0 Å². The summed E-state index contributed by atoms with van der Waals surface area (Å²) in [5.74, 6) is -0.376. The third-order valence-electron chi connectivity index (χ3n) is 10.2. The quantitative estimate of drug-likeness (QED) is 0.246. The van der Waals surface area contributed by atoms with Crippen LogP contribution in [-0.2, 0) is 14.3 Å². The summed E-state index contributed by atoms with van der Waals surface area (Å²) in [6.45, 7) is 7.68. The fraction of sp³-hybridized carbons (Fsp3) is 0.556. The highest BCUT2D eigenvalue weighted by molar-refractivity contribution is 6.02. The topological polar surface area (TPSA) is 134 Å². The second-order valence-corrected chi connectivity index (χ2v) is 14.9. The molecule has 15 heteroatoms. The number of ether oxygens (including phenoxy) is 4. The molecule has 3 aromatic heterocycles. The van der Waals surface area contributed by atoms with E-state index in [0.717, 1.165) is 30.5 Å². The zero-order valence-electron chi connectivity index (χ0n) is 29.0. The molecular formula is C36H41F2N7O6. The molecule has 0 amide bonds. The molecule has 3 saturated heterocycles. The van der Waals surface area contributed by atoms with Gasteiger partial charge in [0.1, 0.15) is 47.3 Å². The highest BCUT2D eigenvalue weighted by atomic mass is 19.1. The van der Waals surface area contributed by atoms with Gasteiger partial charge < -0.3 is 23.8 Å². The van der Waals surface area contributed by atoms with E-state index in [1.807, 2.05) is 4.90 Å². The molecule has 0 saturated carbocycles. The van der Waals surface area contributed by atoms with Gasteiger partial charge in [0.15, 0.2) is 5.82 Å². The maximum atomic E-state index is 17.2. The van der Waals surface area contributed by atoms with Crippen molar-refractivity contribution < 1.29 is 37.3 Å². The molecule has 0 aliphatic carbocycles. The predicted molar refractivity (Wildman–Crippen MR) is 182 cm³/mol. The van der Waals surface area contributed by atoms with Crippen molar-refractivity contribution in [3.63, 3.8) is 0 Å². The van der Waals surface area contributed by atoms with Crippen LogP contribution in [0.4, 0.5) is 19.4 Å². The number of piperidine rings is 1. The van der Waals surface area contributed by atoms with Gasteiger partial charge in [-0.3, -0.25) is 14.7 Å². The van der Waals surface area contributed by atoms with Crippen LogP contribution in [0.25, 0.3) is 33.1 Å². The van der Waals surface area contributed by atoms with Gasteiger partial charge in [-0.25, -0.2) is 13.6 Å². The normalized spacial score (nSPS) is 24.1. The number of alkyl halides is 1. The van der Waals surface area contributed by atoms with E-state index in [-0.39, 0.29) is 60.2 Å². The van der Waals surface area contributed by atoms with E-state index in [1.165, 1.54) is 12.4 Å². The van der Waals surface area contributed by atoms with Crippen molar-refractivity contribution in [1.29, 1.82) is 0 Å². The van der Waals surface area contributed by atoms with E-state index in [0.29, 0.717) is 61.0 Å². The van der Waals surface area contributed by atoms with Gasteiger partial charge in [0.25, 0.3) is 0 Å². The minimum Gasteiger partial charge on any atom is -0.493 e. The van der Waals surface area contributed by atoms with Gasteiger partial charge in [-0.05, 0) is 71.6 Å². The third kappa shape index (κ3) is 6.29. The average Bonchev–Trinajstić information content (AvgIpc) is 3.77. The average molecular weight is 706 g/mol. The minimum atomic E-state index is -0.938. The molecule has 9 rings (SSSR count). The maximum Gasteiger partial charge on any atom is 0.435 e. The second-order valence-electron chi connectivity index (χ2n) is 14.9. The van der Waals surface area contributed by atoms with Crippen molar-refractivity contribution in [2.75, 3.05) is 44.3 Å². The predicted octanol–water partition coefficient (Wildman–Crippen LogP) is 5.60. The number of rotatable bonds is 3. The summed E-state index contributed by atoms with van der Waals surface area (Å²) < 4.78 is 56.7. The van der Waals surface area contributed by atoms with Crippen molar-refractivity contribution >= 4 is 39.7 Å². The summed E-state index contributed by atoms with van der Waals surface area (Å²) in [5, 5.41) is 5.05. The van der Waals surface area contributed by atoms with Gasteiger partial charge in [-0.2, -0.15) is 19.7 Å². The number of pyridine rings is 1. The van der Waals surface area contributed by atoms with Gasteiger partial charge >= 0.3 is 18.1 Å². The molecule has 5 aliphatic heterocycles. The number of nitrogens with zero attached hydrogens (tertiary/aromatic N) is 7. The Hall–Kier alpha value is -4.66. The summed E-state index contributed by atoms with van der Waals surface area (Å²) in [4.78, 5) is 44.1. The van der Waals surface area contributed by atoms with Crippen LogP contribution in [0.3, 0.4) is 0 Å². The number of aromatic nitrogens is 5. The Morgan fingerprint density at radius 3 is 2.80 bits per heavy atom. The Morgan fingerprint density at radius 2 is 1.96 bits per heavy atom. The number of carbonyl (C=O) groups is 2. The number of halogens is 2. The molecule has 5 aliphatic rings. The largest absolute Gasteiger partial charge is 0.493 e. The van der Waals surface area contributed by atoms with Crippen LogP contribution in [0.2, 0.25) is 0 Å². The Bertz CT molecular complexity index is 2020. The van der Waals surface area contributed by atoms with E-state index >= 15 is 4.39 Å². The van der Waals surface area contributed by atoms with Gasteiger partial charge in [0.05, 0.1) is 41.4 Å². The second kappa shape index (κ2) is 12.8. The van der Waals surface area contributed by atoms with Crippen LogP contribution >= 0.6 is 0 Å². The number of anilines is 1. The Balaban J connectivity index is 1.28. The molecule has 3 atom stereocenters. The van der Waals surface area contributed by atoms with Gasteiger partial charge in [0, 0.05) is 37.5 Å². The number of esters is 1. The molecule has 6 bridgehead atoms. The molecule has 1 aromatic carbocycles. The molecule has 3 fully saturated rings. The molecule has 0 spiro atoms. The lowest BCUT2D eigenvalue weighted by molar-refractivity contribution is -0.149. The third-order valence-corrected chi connectivity index (χ3v) is 10.2. The van der Waals surface area contributed by atoms with E-state index < -0.39 is 29.2 Å². The van der Waals surface area contributed by atoms with Gasteiger partial charge in [0.2, 0.25) is 0 Å². The Labute approximate surface area is 293 Å². The van der Waals surface area contributed by atoms with Crippen LogP contribution < -0.4 is 14.4 Å². The maximum absolute atomic E-state index is 17.2.